The van der Waals surface area contributed by atoms with Gasteiger partial charge in [0.1, 0.15) is 0 Å². The topological polar surface area (TPSA) is 64.7 Å². The lowest BCUT2D eigenvalue weighted by atomic mass is 9.87. The molecule has 4 nitrogen and oxygen atoms in total. The maximum absolute atomic E-state index is 12.4. The maximum atomic E-state index is 12.4. The van der Waals surface area contributed by atoms with Crippen molar-refractivity contribution in [3.8, 4) is 11.5 Å². The number of ether oxygens (including phenoxy) is 2. The molecule has 0 bridgehead atoms. The minimum absolute atomic E-state index is 0.00317. The van der Waals surface area contributed by atoms with Crippen molar-refractivity contribution < 1.29 is 23.4 Å². The van der Waals surface area contributed by atoms with Crippen molar-refractivity contribution >= 4 is 0 Å². The zero-order valence-corrected chi connectivity index (χ0v) is 12.4. The van der Waals surface area contributed by atoms with Gasteiger partial charge in [-0.25, -0.2) is 0 Å². The minimum Gasteiger partial charge on any atom is -0.490 e. The average Bonchev–Trinajstić information content (AvgIpc) is 2.45. The highest BCUT2D eigenvalue weighted by Crippen LogP contribution is 2.34. The summed E-state index contributed by atoms with van der Waals surface area (Å²) in [4.78, 5) is 0. The van der Waals surface area contributed by atoms with Crippen LogP contribution in [0.2, 0.25) is 0 Å². The maximum Gasteiger partial charge on any atom is 0.387 e. The number of nitrogens with two attached hydrogens (primary N) is 1. The molecule has 0 aliphatic heterocycles. The minimum atomic E-state index is -2.90. The summed E-state index contributed by atoms with van der Waals surface area (Å²) in [5, 5.41) is 9.18. The second kappa shape index (κ2) is 8.79. The van der Waals surface area contributed by atoms with Crippen LogP contribution in [0.1, 0.15) is 38.2 Å². The van der Waals surface area contributed by atoms with E-state index in [4.69, 9.17) is 10.5 Å². The fraction of sp³-hybridized carbons (Fsp3) is 0.600. The van der Waals surface area contributed by atoms with Crippen LogP contribution in [-0.4, -0.2) is 31.0 Å². The Bertz CT molecular complexity index is 429. The number of alkyl halides is 2. The van der Waals surface area contributed by atoms with Gasteiger partial charge in [-0.1, -0.05) is 13.0 Å². The van der Waals surface area contributed by atoms with Gasteiger partial charge in [0.05, 0.1) is 6.61 Å². The normalized spacial score (nSPS) is 14.0. The van der Waals surface area contributed by atoms with Gasteiger partial charge in [-0.2, -0.15) is 8.78 Å². The van der Waals surface area contributed by atoms with E-state index >= 15 is 0 Å². The molecule has 21 heavy (non-hydrogen) atoms. The molecule has 120 valence electrons. The molecule has 2 atom stereocenters. The molecule has 1 aromatic carbocycles. The number of benzene rings is 1. The van der Waals surface area contributed by atoms with E-state index < -0.39 is 6.61 Å². The van der Waals surface area contributed by atoms with Crippen LogP contribution in [0.4, 0.5) is 8.78 Å². The molecule has 0 radical (unpaired) electrons. The summed E-state index contributed by atoms with van der Waals surface area (Å²) in [5.41, 5.74) is 6.93. The van der Waals surface area contributed by atoms with Crippen LogP contribution in [0.3, 0.4) is 0 Å². The van der Waals surface area contributed by atoms with Crippen molar-refractivity contribution in [3.05, 3.63) is 23.8 Å². The number of aliphatic hydroxyl groups is 1. The highest BCUT2D eigenvalue weighted by Gasteiger charge is 2.20. The predicted molar refractivity (Wildman–Crippen MR) is 77.0 cm³/mol. The third-order valence-corrected chi connectivity index (χ3v) is 3.34. The van der Waals surface area contributed by atoms with Gasteiger partial charge in [-0.05, 0) is 37.5 Å². The Morgan fingerprint density at radius 3 is 2.48 bits per heavy atom. The summed E-state index contributed by atoms with van der Waals surface area (Å²) in [6, 6.07) is 4.69. The van der Waals surface area contributed by atoms with Gasteiger partial charge in [0, 0.05) is 18.6 Å². The third-order valence-electron chi connectivity index (χ3n) is 3.34. The number of halogens is 2. The fourth-order valence-corrected chi connectivity index (χ4v) is 2.27. The van der Waals surface area contributed by atoms with Crippen molar-refractivity contribution in [1.82, 2.24) is 0 Å². The molecule has 0 aliphatic carbocycles. The van der Waals surface area contributed by atoms with Gasteiger partial charge in [0.25, 0.3) is 0 Å². The molecule has 0 aliphatic rings. The average molecular weight is 303 g/mol. The predicted octanol–water partition coefficient (Wildman–Crippen LogP) is 2.89. The standard InChI is InChI=1S/C15H23F2NO3/c1-3-12(18)11(7-8-19)10-5-6-13(21-15(16)17)14(9-10)20-4-2/h5-6,9,11-12,15,19H,3-4,7-8,18H2,1-2H3. The van der Waals surface area contributed by atoms with Crippen molar-refractivity contribution in [3.63, 3.8) is 0 Å². The summed E-state index contributed by atoms with van der Waals surface area (Å²) in [6.07, 6.45) is 1.26. The molecular weight excluding hydrogens is 280 g/mol. The summed E-state index contributed by atoms with van der Waals surface area (Å²) < 4.78 is 34.5. The summed E-state index contributed by atoms with van der Waals surface area (Å²) in [5.74, 6) is 0.213. The Hall–Kier alpha value is -1.40. The Morgan fingerprint density at radius 2 is 1.95 bits per heavy atom. The van der Waals surface area contributed by atoms with Gasteiger partial charge in [0.2, 0.25) is 0 Å². The van der Waals surface area contributed by atoms with Crippen LogP contribution in [0.25, 0.3) is 0 Å². The monoisotopic (exact) mass is 303 g/mol. The van der Waals surface area contributed by atoms with Gasteiger partial charge < -0.3 is 20.3 Å². The zero-order valence-electron chi connectivity index (χ0n) is 12.4. The number of hydrogen-bond acceptors (Lipinski definition) is 4. The summed E-state index contributed by atoms with van der Waals surface area (Å²) in [7, 11) is 0. The largest absolute Gasteiger partial charge is 0.490 e. The van der Waals surface area contributed by atoms with E-state index in [-0.39, 0.29) is 30.1 Å². The molecule has 0 spiro atoms. The second-order valence-electron chi connectivity index (χ2n) is 4.71. The lowest BCUT2D eigenvalue weighted by Crippen LogP contribution is -2.28. The first-order valence-electron chi connectivity index (χ1n) is 7.11. The Morgan fingerprint density at radius 1 is 1.24 bits per heavy atom. The van der Waals surface area contributed by atoms with E-state index in [1.165, 1.54) is 6.07 Å². The van der Waals surface area contributed by atoms with Crippen LogP contribution < -0.4 is 15.2 Å². The molecule has 0 fully saturated rings. The number of rotatable bonds is 9. The Balaban J connectivity index is 3.09. The lowest BCUT2D eigenvalue weighted by molar-refractivity contribution is -0.0514. The van der Waals surface area contributed by atoms with Crippen LogP contribution in [0.5, 0.6) is 11.5 Å². The van der Waals surface area contributed by atoms with E-state index in [1.54, 1.807) is 19.1 Å². The van der Waals surface area contributed by atoms with Crippen molar-refractivity contribution in [2.75, 3.05) is 13.2 Å². The highest BCUT2D eigenvalue weighted by atomic mass is 19.3. The van der Waals surface area contributed by atoms with Gasteiger partial charge in [-0.3, -0.25) is 0 Å². The Kier molecular flexibility index (Phi) is 7.39. The molecule has 6 heteroatoms. The van der Waals surface area contributed by atoms with Crippen LogP contribution in [-0.2, 0) is 0 Å². The smallest absolute Gasteiger partial charge is 0.387 e. The quantitative estimate of drug-likeness (QED) is 0.736. The van der Waals surface area contributed by atoms with Gasteiger partial charge in [-0.15, -0.1) is 0 Å². The molecule has 0 heterocycles. The van der Waals surface area contributed by atoms with Crippen LogP contribution in [0.15, 0.2) is 18.2 Å². The van der Waals surface area contributed by atoms with Crippen molar-refractivity contribution in [2.45, 2.75) is 45.3 Å². The van der Waals surface area contributed by atoms with Crippen molar-refractivity contribution in [2.24, 2.45) is 5.73 Å². The number of hydrogen-bond donors (Lipinski definition) is 2. The van der Waals surface area contributed by atoms with E-state index in [9.17, 15) is 13.9 Å². The number of aliphatic hydroxyl groups excluding tert-OH is 1. The molecule has 0 saturated carbocycles. The molecule has 1 aromatic rings. The summed E-state index contributed by atoms with van der Waals surface area (Å²) in [6.45, 7) is 1.18. The van der Waals surface area contributed by atoms with E-state index in [1.807, 2.05) is 6.92 Å². The van der Waals surface area contributed by atoms with Gasteiger partial charge >= 0.3 is 6.61 Å². The third kappa shape index (κ3) is 5.13. The molecular formula is C15H23F2NO3. The van der Waals surface area contributed by atoms with Gasteiger partial charge in [0.15, 0.2) is 11.5 Å². The van der Waals surface area contributed by atoms with Crippen LogP contribution >= 0.6 is 0 Å². The Labute approximate surface area is 123 Å². The first-order chi connectivity index (χ1) is 10.0. The van der Waals surface area contributed by atoms with E-state index in [2.05, 4.69) is 4.74 Å². The van der Waals surface area contributed by atoms with E-state index in [0.717, 1.165) is 12.0 Å². The highest BCUT2D eigenvalue weighted by molar-refractivity contribution is 5.44. The first kappa shape index (κ1) is 17.7. The first-order valence-corrected chi connectivity index (χ1v) is 7.11. The van der Waals surface area contributed by atoms with E-state index in [0.29, 0.717) is 13.0 Å². The second-order valence-corrected chi connectivity index (χ2v) is 4.71. The summed E-state index contributed by atoms with van der Waals surface area (Å²) >= 11 is 0. The zero-order chi connectivity index (χ0) is 15.8. The molecule has 1 rings (SSSR count). The SMILES string of the molecule is CCOc1cc(C(CCO)C(N)CC)ccc1OC(F)F. The molecule has 0 aromatic heterocycles. The molecule has 0 amide bonds. The molecule has 3 N–H and O–H groups in total. The van der Waals surface area contributed by atoms with Crippen molar-refractivity contribution in [1.29, 1.82) is 0 Å². The van der Waals surface area contributed by atoms with Crippen LogP contribution in [0, 0.1) is 0 Å². The fourth-order valence-electron chi connectivity index (χ4n) is 2.27. The molecule has 2 unspecified atom stereocenters. The lowest BCUT2D eigenvalue weighted by Gasteiger charge is -2.24. The molecule has 0 saturated heterocycles.